The molecule has 0 fully saturated rings. The Morgan fingerprint density at radius 2 is 1.67 bits per heavy atom. The fraction of sp³-hybridized carbons (Fsp3) is 0.278. The highest BCUT2D eigenvalue weighted by Gasteiger charge is 2.13. The molecule has 108 valence electrons. The first-order valence-electron chi connectivity index (χ1n) is 7.57. The summed E-state index contributed by atoms with van der Waals surface area (Å²) in [4.78, 5) is 6.26. The van der Waals surface area contributed by atoms with Crippen molar-refractivity contribution in [3.63, 3.8) is 0 Å². The molecular formula is C18H22N3+. The molecule has 3 aromatic rings. The van der Waals surface area contributed by atoms with Crippen LogP contribution in [0.2, 0.25) is 0 Å². The second-order valence-corrected chi connectivity index (χ2v) is 5.56. The number of quaternary nitrogens is 1. The molecule has 0 aliphatic carbocycles. The van der Waals surface area contributed by atoms with Crippen LogP contribution < -0.4 is 4.90 Å². The van der Waals surface area contributed by atoms with E-state index in [0.717, 1.165) is 25.2 Å². The molecule has 1 heterocycles. The molecule has 2 aromatic carbocycles. The molecule has 0 aliphatic heterocycles. The molecule has 1 N–H and O–H groups in total. The number of fused-ring (bicyclic) bond motifs is 1. The highest BCUT2D eigenvalue weighted by atomic mass is 15.2. The standard InChI is InChI=1S/C18H21N3/c1-3-21-17-12-8-7-11-16(17)19-18(21)14-20(2)13-15-9-5-4-6-10-15/h4-12H,3,13-14H2,1-2H3/p+1. The van der Waals surface area contributed by atoms with Crippen LogP contribution in [0.5, 0.6) is 0 Å². The van der Waals surface area contributed by atoms with Crippen molar-refractivity contribution >= 4 is 11.0 Å². The second kappa shape index (κ2) is 6.10. The predicted molar refractivity (Wildman–Crippen MR) is 86.1 cm³/mol. The zero-order valence-corrected chi connectivity index (χ0v) is 12.7. The molecule has 0 saturated heterocycles. The number of aryl methyl sites for hydroxylation is 1. The minimum absolute atomic E-state index is 0.942. The molecule has 0 radical (unpaired) electrons. The van der Waals surface area contributed by atoms with E-state index in [2.05, 4.69) is 73.1 Å². The summed E-state index contributed by atoms with van der Waals surface area (Å²) >= 11 is 0. The Kier molecular flexibility index (Phi) is 4.02. The van der Waals surface area contributed by atoms with Crippen LogP contribution in [0.25, 0.3) is 11.0 Å². The number of aromatic nitrogens is 2. The van der Waals surface area contributed by atoms with Crippen molar-refractivity contribution in [1.29, 1.82) is 0 Å². The van der Waals surface area contributed by atoms with Crippen LogP contribution in [0.3, 0.4) is 0 Å². The van der Waals surface area contributed by atoms with Gasteiger partial charge in [-0.05, 0) is 19.1 Å². The van der Waals surface area contributed by atoms with Gasteiger partial charge in [0.15, 0.2) is 5.82 Å². The van der Waals surface area contributed by atoms with Gasteiger partial charge in [0.25, 0.3) is 0 Å². The largest absolute Gasteiger partial charge is 0.327 e. The van der Waals surface area contributed by atoms with Crippen LogP contribution in [0.15, 0.2) is 54.6 Å². The van der Waals surface area contributed by atoms with E-state index in [4.69, 9.17) is 4.98 Å². The van der Waals surface area contributed by atoms with Crippen LogP contribution in [0.4, 0.5) is 0 Å². The lowest BCUT2D eigenvalue weighted by molar-refractivity contribution is -0.908. The molecule has 3 heteroatoms. The fourth-order valence-corrected chi connectivity index (χ4v) is 2.89. The number of hydrogen-bond acceptors (Lipinski definition) is 1. The summed E-state index contributed by atoms with van der Waals surface area (Å²) in [6.45, 7) is 5.11. The number of nitrogens with zero attached hydrogens (tertiary/aromatic N) is 2. The summed E-state index contributed by atoms with van der Waals surface area (Å²) in [6, 6.07) is 19.0. The summed E-state index contributed by atoms with van der Waals surface area (Å²) in [5.41, 5.74) is 3.71. The normalized spacial score (nSPS) is 12.7. The third kappa shape index (κ3) is 2.98. The Balaban J connectivity index is 1.81. The zero-order valence-electron chi connectivity index (χ0n) is 12.7. The summed E-state index contributed by atoms with van der Waals surface area (Å²) in [5, 5.41) is 0. The van der Waals surface area contributed by atoms with Crippen molar-refractivity contribution in [3.05, 3.63) is 66.0 Å². The second-order valence-electron chi connectivity index (χ2n) is 5.56. The van der Waals surface area contributed by atoms with Crippen LogP contribution >= 0.6 is 0 Å². The van der Waals surface area contributed by atoms with E-state index in [-0.39, 0.29) is 0 Å². The summed E-state index contributed by atoms with van der Waals surface area (Å²) < 4.78 is 2.32. The van der Waals surface area contributed by atoms with Crippen molar-refractivity contribution in [2.24, 2.45) is 0 Å². The number of para-hydroxylation sites is 2. The van der Waals surface area contributed by atoms with Gasteiger partial charge in [0, 0.05) is 12.1 Å². The van der Waals surface area contributed by atoms with E-state index < -0.39 is 0 Å². The van der Waals surface area contributed by atoms with Gasteiger partial charge in [-0.3, -0.25) is 0 Å². The maximum absolute atomic E-state index is 4.81. The molecule has 0 bridgehead atoms. The Morgan fingerprint density at radius 3 is 2.43 bits per heavy atom. The minimum Gasteiger partial charge on any atom is -0.327 e. The highest BCUT2D eigenvalue weighted by Crippen LogP contribution is 2.15. The molecule has 1 aromatic heterocycles. The Bertz CT molecular complexity index is 716. The van der Waals surface area contributed by atoms with Crippen molar-refractivity contribution < 1.29 is 4.90 Å². The first kappa shape index (κ1) is 13.8. The third-order valence-corrected chi connectivity index (χ3v) is 3.86. The monoisotopic (exact) mass is 280 g/mol. The average molecular weight is 280 g/mol. The SMILES string of the molecule is CCn1c(C[NH+](C)Cc2ccccc2)nc2ccccc21. The lowest BCUT2D eigenvalue weighted by Gasteiger charge is -2.14. The van der Waals surface area contributed by atoms with E-state index in [1.807, 2.05) is 0 Å². The predicted octanol–water partition coefficient (Wildman–Crippen LogP) is 2.27. The molecule has 1 unspecified atom stereocenters. The third-order valence-electron chi connectivity index (χ3n) is 3.86. The number of nitrogens with one attached hydrogen (secondary N) is 1. The van der Waals surface area contributed by atoms with Crippen molar-refractivity contribution in [2.75, 3.05) is 7.05 Å². The zero-order chi connectivity index (χ0) is 14.7. The molecule has 1 atom stereocenters. The van der Waals surface area contributed by atoms with Crippen LogP contribution in [-0.2, 0) is 19.6 Å². The lowest BCUT2D eigenvalue weighted by atomic mass is 10.2. The maximum atomic E-state index is 4.81. The summed E-state index contributed by atoms with van der Waals surface area (Å²) in [5.74, 6) is 1.17. The van der Waals surface area contributed by atoms with Crippen LogP contribution in [0.1, 0.15) is 18.3 Å². The van der Waals surface area contributed by atoms with Crippen molar-refractivity contribution in [3.8, 4) is 0 Å². The van der Waals surface area contributed by atoms with E-state index in [0.29, 0.717) is 0 Å². The van der Waals surface area contributed by atoms with Crippen molar-refractivity contribution in [2.45, 2.75) is 26.6 Å². The van der Waals surface area contributed by atoms with Gasteiger partial charge in [-0.25, -0.2) is 4.98 Å². The van der Waals surface area contributed by atoms with E-state index in [1.165, 1.54) is 21.8 Å². The van der Waals surface area contributed by atoms with Crippen LogP contribution in [-0.4, -0.2) is 16.6 Å². The molecule has 3 nitrogen and oxygen atoms in total. The average Bonchev–Trinajstić information content (AvgIpc) is 2.85. The molecule has 0 spiro atoms. The van der Waals surface area contributed by atoms with Crippen LogP contribution in [0, 0.1) is 0 Å². The summed E-state index contributed by atoms with van der Waals surface area (Å²) in [6.07, 6.45) is 0. The molecule has 21 heavy (non-hydrogen) atoms. The lowest BCUT2D eigenvalue weighted by Crippen LogP contribution is -3.06. The minimum atomic E-state index is 0.942. The van der Waals surface area contributed by atoms with Gasteiger partial charge in [-0.2, -0.15) is 0 Å². The number of imidazole rings is 1. The van der Waals surface area contributed by atoms with Gasteiger partial charge in [-0.15, -0.1) is 0 Å². The van der Waals surface area contributed by atoms with Gasteiger partial charge in [-0.1, -0.05) is 42.5 Å². The first-order valence-corrected chi connectivity index (χ1v) is 7.57. The number of benzene rings is 2. The van der Waals surface area contributed by atoms with Gasteiger partial charge >= 0.3 is 0 Å². The molecule has 0 aliphatic rings. The van der Waals surface area contributed by atoms with Crippen molar-refractivity contribution in [1.82, 2.24) is 9.55 Å². The van der Waals surface area contributed by atoms with E-state index in [1.54, 1.807) is 0 Å². The Labute approximate surface area is 125 Å². The van der Waals surface area contributed by atoms with Gasteiger partial charge in [0.2, 0.25) is 0 Å². The molecular weight excluding hydrogens is 258 g/mol. The fourth-order valence-electron chi connectivity index (χ4n) is 2.89. The van der Waals surface area contributed by atoms with Gasteiger partial charge < -0.3 is 9.47 Å². The molecule has 3 rings (SSSR count). The number of rotatable bonds is 5. The topological polar surface area (TPSA) is 22.3 Å². The van der Waals surface area contributed by atoms with E-state index >= 15 is 0 Å². The summed E-state index contributed by atoms with van der Waals surface area (Å²) in [7, 11) is 2.23. The van der Waals surface area contributed by atoms with E-state index in [9.17, 15) is 0 Å². The first-order chi connectivity index (χ1) is 10.3. The molecule has 0 saturated carbocycles. The maximum Gasteiger partial charge on any atom is 0.165 e. The van der Waals surface area contributed by atoms with Gasteiger partial charge in [0.05, 0.1) is 18.1 Å². The van der Waals surface area contributed by atoms with Gasteiger partial charge in [0.1, 0.15) is 13.1 Å². The smallest absolute Gasteiger partial charge is 0.165 e. The quantitative estimate of drug-likeness (QED) is 0.761. The Hall–Kier alpha value is -2.13. The Morgan fingerprint density at radius 1 is 0.952 bits per heavy atom. The number of hydrogen-bond donors (Lipinski definition) is 1. The highest BCUT2D eigenvalue weighted by molar-refractivity contribution is 5.75. The molecule has 0 amide bonds.